The van der Waals surface area contributed by atoms with Gasteiger partial charge in [0.1, 0.15) is 5.75 Å². The van der Waals surface area contributed by atoms with Crippen LogP contribution in [0.2, 0.25) is 0 Å². The first kappa shape index (κ1) is 14.0. The molecule has 0 aliphatic rings. The van der Waals surface area contributed by atoms with Crippen LogP contribution in [-0.2, 0) is 9.59 Å². The number of methoxy groups -OCH3 is 1. The van der Waals surface area contributed by atoms with Crippen molar-refractivity contribution < 1.29 is 24.5 Å². The molecular weight excluding hydrogens is 236 g/mol. The Morgan fingerprint density at radius 1 is 1.17 bits per heavy atom. The van der Waals surface area contributed by atoms with Gasteiger partial charge in [0.25, 0.3) is 0 Å². The Kier molecular flexibility index (Phi) is 4.71. The van der Waals surface area contributed by atoms with E-state index in [0.717, 1.165) is 0 Å². The zero-order valence-corrected chi connectivity index (χ0v) is 10.3. The SMILES string of the molecule is CC[C@@H](c1ccc(OC)cc1)C(C(=O)O)C(=O)O. The van der Waals surface area contributed by atoms with E-state index in [0.29, 0.717) is 17.7 Å². The lowest BCUT2D eigenvalue weighted by Crippen LogP contribution is -2.29. The molecule has 0 radical (unpaired) electrons. The Hall–Kier alpha value is -2.04. The Balaban J connectivity index is 3.06. The van der Waals surface area contributed by atoms with E-state index in [4.69, 9.17) is 14.9 Å². The maximum absolute atomic E-state index is 11.0. The van der Waals surface area contributed by atoms with Gasteiger partial charge in [0.05, 0.1) is 7.11 Å². The highest BCUT2D eigenvalue weighted by molar-refractivity contribution is 5.94. The molecule has 0 saturated heterocycles. The lowest BCUT2D eigenvalue weighted by atomic mass is 9.84. The summed E-state index contributed by atoms with van der Waals surface area (Å²) in [6, 6.07) is 6.79. The van der Waals surface area contributed by atoms with Gasteiger partial charge >= 0.3 is 11.9 Å². The predicted molar refractivity (Wildman–Crippen MR) is 64.8 cm³/mol. The summed E-state index contributed by atoms with van der Waals surface area (Å²) in [4.78, 5) is 22.1. The third-order valence-corrected chi connectivity index (χ3v) is 2.92. The van der Waals surface area contributed by atoms with Crippen molar-refractivity contribution in [3.63, 3.8) is 0 Å². The predicted octanol–water partition coefficient (Wildman–Crippen LogP) is 1.97. The molecule has 0 unspecified atom stereocenters. The first-order chi connectivity index (χ1) is 8.51. The van der Waals surface area contributed by atoms with E-state index in [9.17, 15) is 9.59 Å². The molecule has 1 aromatic rings. The second kappa shape index (κ2) is 6.05. The number of carboxylic acids is 2. The van der Waals surface area contributed by atoms with Crippen molar-refractivity contribution in [2.24, 2.45) is 5.92 Å². The van der Waals surface area contributed by atoms with E-state index < -0.39 is 23.8 Å². The number of hydrogen-bond donors (Lipinski definition) is 2. The number of carbonyl (C=O) groups is 2. The molecule has 0 aliphatic heterocycles. The van der Waals surface area contributed by atoms with Gasteiger partial charge in [0.15, 0.2) is 5.92 Å². The Morgan fingerprint density at radius 3 is 2.00 bits per heavy atom. The first-order valence-electron chi connectivity index (χ1n) is 5.60. The number of rotatable bonds is 6. The summed E-state index contributed by atoms with van der Waals surface area (Å²) in [5.74, 6) is -3.96. The largest absolute Gasteiger partial charge is 0.497 e. The zero-order valence-electron chi connectivity index (χ0n) is 10.3. The van der Waals surface area contributed by atoms with Crippen molar-refractivity contribution >= 4 is 11.9 Å². The lowest BCUT2D eigenvalue weighted by Gasteiger charge is -2.20. The quantitative estimate of drug-likeness (QED) is 0.756. The van der Waals surface area contributed by atoms with E-state index in [1.807, 2.05) is 0 Å². The standard InChI is InChI=1S/C13H16O5/c1-3-10(11(12(14)15)13(16)17)8-4-6-9(18-2)7-5-8/h4-7,10-11H,3H2,1-2H3,(H,14,15)(H,16,17)/t10-/m0/s1. The maximum atomic E-state index is 11.0. The molecule has 5 heteroatoms. The fraction of sp³-hybridized carbons (Fsp3) is 0.385. The van der Waals surface area contributed by atoms with Crippen molar-refractivity contribution in [2.45, 2.75) is 19.3 Å². The van der Waals surface area contributed by atoms with Crippen LogP contribution in [0.25, 0.3) is 0 Å². The van der Waals surface area contributed by atoms with Gasteiger partial charge in [-0.15, -0.1) is 0 Å². The smallest absolute Gasteiger partial charge is 0.318 e. The molecule has 1 rings (SSSR count). The van der Waals surface area contributed by atoms with Gasteiger partial charge in [-0.25, -0.2) is 0 Å². The van der Waals surface area contributed by atoms with Crippen LogP contribution in [0.1, 0.15) is 24.8 Å². The van der Waals surface area contributed by atoms with Crippen molar-refractivity contribution in [3.05, 3.63) is 29.8 Å². The number of benzene rings is 1. The molecule has 0 saturated carbocycles. The minimum atomic E-state index is -1.43. The van der Waals surface area contributed by atoms with Crippen LogP contribution in [-0.4, -0.2) is 29.3 Å². The van der Waals surface area contributed by atoms with Gasteiger partial charge in [-0.05, 0) is 24.1 Å². The van der Waals surface area contributed by atoms with Gasteiger partial charge in [0, 0.05) is 5.92 Å². The molecule has 98 valence electrons. The van der Waals surface area contributed by atoms with E-state index in [2.05, 4.69) is 0 Å². The molecule has 2 N–H and O–H groups in total. The van der Waals surface area contributed by atoms with Gasteiger partial charge in [-0.1, -0.05) is 19.1 Å². The molecule has 1 atom stereocenters. The van der Waals surface area contributed by atoms with Crippen LogP contribution in [0, 0.1) is 5.92 Å². The highest BCUT2D eigenvalue weighted by Crippen LogP contribution is 2.30. The number of aliphatic carboxylic acids is 2. The average Bonchev–Trinajstić information content (AvgIpc) is 2.35. The van der Waals surface area contributed by atoms with Crippen LogP contribution in [0.15, 0.2) is 24.3 Å². The van der Waals surface area contributed by atoms with Crippen LogP contribution in [0.5, 0.6) is 5.75 Å². The van der Waals surface area contributed by atoms with Gasteiger partial charge in [-0.3, -0.25) is 9.59 Å². The molecular formula is C13H16O5. The fourth-order valence-corrected chi connectivity index (χ4v) is 1.96. The second-order valence-corrected chi connectivity index (χ2v) is 3.94. The topological polar surface area (TPSA) is 83.8 Å². The van der Waals surface area contributed by atoms with Crippen LogP contribution in [0.4, 0.5) is 0 Å². The van der Waals surface area contributed by atoms with Gasteiger partial charge in [-0.2, -0.15) is 0 Å². The summed E-state index contributed by atoms with van der Waals surface area (Å²) in [7, 11) is 1.53. The molecule has 0 bridgehead atoms. The molecule has 0 heterocycles. The van der Waals surface area contributed by atoms with E-state index in [1.165, 1.54) is 7.11 Å². The minimum absolute atomic E-state index is 0.440. The van der Waals surface area contributed by atoms with E-state index in [1.54, 1.807) is 31.2 Å². The second-order valence-electron chi connectivity index (χ2n) is 3.94. The first-order valence-corrected chi connectivity index (χ1v) is 5.60. The zero-order chi connectivity index (χ0) is 13.7. The third-order valence-electron chi connectivity index (χ3n) is 2.92. The number of ether oxygens (including phenoxy) is 1. The molecule has 0 spiro atoms. The number of hydrogen-bond acceptors (Lipinski definition) is 3. The Labute approximate surface area is 105 Å². The molecule has 0 amide bonds. The molecule has 5 nitrogen and oxygen atoms in total. The Bertz CT molecular complexity index is 410. The average molecular weight is 252 g/mol. The van der Waals surface area contributed by atoms with Crippen molar-refractivity contribution in [1.82, 2.24) is 0 Å². The normalized spacial score (nSPS) is 12.2. The minimum Gasteiger partial charge on any atom is -0.497 e. The molecule has 0 aliphatic carbocycles. The van der Waals surface area contributed by atoms with Crippen molar-refractivity contribution in [2.75, 3.05) is 7.11 Å². The van der Waals surface area contributed by atoms with E-state index >= 15 is 0 Å². The highest BCUT2D eigenvalue weighted by Gasteiger charge is 2.34. The summed E-state index contributed by atoms with van der Waals surface area (Å²) in [5.41, 5.74) is 0.688. The Morgan fingerprint density at radius 2 is 1.67 bits per heavy atom. The molecule has 0 aromatic heterocycles. The number of carboxylic acid groups (broad SMARTS) is 2. The third kappa shape index (κ3) is 3.00. The van der Waals surface area contributed by atoms with Crippen LogP contribution >= 0.6 is 0 Å². The summed E-state index contributed by atoms with van der Waals surface area (Å²) >= 11 is 0. The van der Waals surface area contributed by atoms with Crippen LogP contribution < -0.4 is 4.74 Å². The van der Waals surface area contributed by atoms with Crippen molar-refractivity contribution in [1.29, 1.82) is 0 Å². The van der Waals surface area contributed by atoms with Gasteiger partial charge in [0.2, 0.25) is 0 Å². The molecule has 18 heavy (non-hydrogen) atoms. The fourth-order valence-electron chi connectivity index (χ4n) is 1.96. The summed E-state index contributed by atoms with van der Waals surface area (Å²) < 4.78 is 5.01. The maximum Gasteiger partial charge on any atom is 0.318 e. The summed E-state index contributed by atoms with van der Waals surface area (Å²) in [5, 5.41) is 18.0. The van der Waals surface area contributed by atoms with E-state index in [-0.39, 0.29) is 0 Å². The van der Waals surface area contributed by atoms with Gasteiger partial charge < -0.3 is 14.9 Å². The molecule has 0 fully saturated rings. The van der Waals surface area contributed by atoms with Crippen molar-refractivity contribution in [3.8, 4) is 5.75 Å². The molecule has 1 aromatic carbocycles. The summed E-state index contributed by atoms with van der Waals surface area (Å²) in [6.45, 7) is 1.77. The van der Waals surface area contributed by atoms with Crippen LogP contribution in [0.3, 0.4) is 0 Å². The monoisotopic (exact) mass is 252 g/mol. The lowest BCUT2D eigenvalue weighted by molar-refractivity contribution is -0.155. The summed E-state index contributed by atoms with van der Waals surface area (Å²) in [6.07, 6.45) is 0.440. The highest BCUT2D eigenvalue weighted by atomic mass is 16.5.